The summed E-state index contributed by atoms with van der Waals surface area (Å²) >= 11 is 0. The maximum atomic E-state index is 9.07. The zero-order valence-electron chi connectivity index (χ0n) is 11.2. The third-order valence-electron chi connectivity index (χ3n) is 3.16. The highest BCUT2D eigenvalue weighted by molar-refractivity contribution is 5.45. The van der Waals surface area contributed by atoms with Gasteiger partial charge in [-0.05, 0) is 19.8 Å². The monoisotopic (exact) mass is 267 g/mol. The van der Waals surface area contributed by atoms with E-state index in [9.17, 15) is 0 Å². The van der Waals surface area contributed by atoms with Gasteiger partial charge in [-0.3, -0.25) is 5.43 Å². The SMILES string of the molecule is CCN(CCO)c1nc(NN)nc(N2CCCC2)n1. The lowest BCUT2D eigenvalue weighted by Crippen LogP contribution is -2.30. The molecule has 1 aromatic heterocycles. The molecule has 1 aromatic rings. The Morgan fingerprint density at radius 1 is 1.32 bits per heavy atom. The van der Waals surface area contributed by atoms with Gasteiger partial charge < -0.3 is 14.9 Å². The van der Waals surface area contributed by atoms with Crippen LogP contribution in [0.15, 0.2) is 0 Å². The maximum Gasteiger partial charge on any atom is 0.243 e. The molecule has 4 N–H and O–H groups in total. The number of rotatable bonds is 6. The maximum absolute atomic E-state index is 9.07. The molecule has 1 aliphatic rings. The van der Waals surface area contributed by atoms with Gasteiger partial charge >= 0.3 is 0 Å². The first-order chi connectivity index (χ1) is 9.28. The minimum absolute atomic E-state index is 0.0595. The van der Waals surface area contributed by atoms with E-state index in [1.54, 1.807) is 0 Å². The van der Waals surface area contributed by atoms with Crippen LogP contribution in [0.5, 0.6) is 0 Å². The zero-order chi connectivity index (χ0) is 13.7. The molecule has 2 heterocycles. The van der Waals surface area contributed by atoms with Gasteiger partial charge in [0.05, 0.1) is 6.61 Å². The fourth-order valence-electron chi connectivity index (χ4n) is 2.14. The van der Waals surface area contributed by atoms with E-state index < -0.39 is 0 Å². The van der Waals surface area contributed by atoms with Crippen molar-refractivity contribution in [1.29, 1.82) is 0 Å². The molecule has 0 aromatic carbocycles. The third kappa shape index (κ3) is 3.21. The van der Waals surface area contributed by atoms with Gasteiger partial charge in [0.15, 0.2) is 0 Å². The number of aromatic nitrogens is 3. The van der Waals surface area contributed by atoms with Crippen LogP contribution in [0.4, 0.5) is 17.8 Å². The van der Waals surface area contributed by atoms with Crippen LogP contribution >= 0.6 is 0 Å². The number of aliphatic hydroxyl groups excluding tert-OH is 1. The Labute approximate surface area is 112 Å². The molecule has 0 bridgehead atoms. The summed E-state index contributed by atoms with van der Waals surface area (Å²) in [6, 6.07) is 0. The van der Waals surface area contributed by atoms with Crippen molar-refractivity contribution in [2.75, 3.05) is 48.0 Å². The average molecular weight is 267 g/mol. The Morgan fingerprint density at radius 2 is 2.05 bits per heavy atom. The summed E-state index contributed by atoms with van der Waals surface area (Å²) in [4.78, 5) is 17.0. The lowest BCUT2D eigenvalue weighted by atomic mass is 10.4. The molecule has 0 unspecified atom stereocenters. The van der Waals surface area contributed by atoms with E-state index in [0.717, 1.165) is 25.9 Å². The summed E-state index contributed by atoms with van der Waals surface area (Å²) < 4.78 is 0. The van der Waals surface area contributed by atoms with Gasteiger partial charge in [0.2, 0.25) is 17.8 Å². The van der Waals surface area contributed by atoms with Crippen molar-refractivity contribution in [2.24, 2.45) is 5.84 Å². The Hall–Kier alpha value is -1.67. The third-order valence-corrected chi connectivity index (χ3v) is 3.16. The minimum Gasteiger partial charge on any atom is -0.395 e. The molecule has 0 aliphatic carbocycles. The molecule has 1 saturated heterocycles. The van der Waals surface area contributed by atoms with E-state index in [4.69, 9.17) is 10.9 Å². The minimum atomic E-state index is 0.0595. The summed E-state index contributed by atoms with van der Waals surface area (Å²) in [6.07, 6.45) is 2.31. The van der Waals surface area contributed by atoms with Crippen LogP contribution in [0.2, 0.25) is 0 Å². The Balaban J connectivity index is 2.28. The average Bonchev–Trinajstić information content (AvgIpc) is 2.98. The largest absolute Gasteiger partial charge is 0.395 e. The van der Waals surface area contributed by atoms with Crippen molar-refractivity contribution in [1.82, 2.24) is 15.0 Å². The molecule has 0 saturated carbocycles. The van der Waals surface area contributed by atoms with Crippen LogP contribution in [-0.2, 0) is 0 Å². The normalized spacial score (nSPS) is 14.8. The van der Waals surface area contributed by atoms with E-state index in [2.05, 4.69) is 25.3 Å². The lowest BCUT2D eigenvalue weighted by molar-refractivity contribution is 0.301. The van der Waals surface area contributed by atoms with Crippen LogP contribution in [0.25, 0.3) is 0 Å². The van der Waals surface area contributed by atoms with E-state index in [1.165, 1.54) is 0 Å². The van der Waals surface area contributed by atoms with Crippen LogP contribution in [0.1, 0.15) is 19.8 Å². The molecule has 19 heavy (non-hydrogen) atoms. The Kier molecular flexibility index (Phi) is 4.69. The van der Waals surface area contributed by atoms with Crippen molar-refractivity contribution < 1.29 is 5.11 Å². The van der Waals surface area contributed by atoms with Gasteiger partial charge in [-0.25, -0.2) is 5.84 Å². The van der Waals surface area contributed by atoms with Crippen LogP contribution in [-0.4, -0.2) is 52.8 Å². The molecule has 1 fully saturated rings. The van der Waals surface area contributed by atoms with E-state index in [1.807, 2.05) is 11.8 Å². The highest BCUT2D eigenvalue weighted by Crippen LogP contribution is 2.19. The first-order valence-electron chi connectivity index (χ1n) is 6.62. The van der Waals surface area contributed by atoms with Crippen molar-refractivity contribution in [3.05, 3.63) is 0 Å². The molecule has 0 spiro atoms. The number of likely N-dealkylation sites (N-methyl/N-ethyl adjacent to an activating group) is 1. The van der Waals surface area contributed by atoms with E-state index in [0.29, 0.717) is 30.9 Å². The molecule has 0 atom stereocenters. The number of nitrogens with one attached hydrogen (secondary N) is 1. The van der Waals surface area contributed by atoms with Crippen molar-refractivity contribution in [2.45, 2.75) is 19.8 Å². The number of nitrogens with zero attached hydrogens (tertiary/aromatic N) is 5. The topological polar surface area (TPSA) is 103 Å². The second kappa shape index (κ2) is 6.48. The van der Waals surface area contributed by atoms with Crippen LogP contribution < -0.4 is 21.1 Å². The molecular formula is C11H21N7O. The quantitative estimate of drug-likeness (QED) is 0.471. The van der Waals surface area contributed by atoms with Crippen molar-refractivity contribution in [3.8, 4) is 0 Å². The highest BCUT2D eigenvalue weighted by atomic mass is 16.3. The number of hydrazine groups is 1. The number of nitrogen functional groups attached to an aromatic ring is 1. The first kappa shape index (κ1) is 13.8. The smallest absolute Gasteiger partial charge is 0.243 e. The molecule has 2 rings (SSSR count). The second-order valence-electron chi connectivity index (χ2n) is 4.40. The fourth-order valence-corrected chi connectivity index (χ4v) is 2.14. The second-order valence-corrected chi connectivity index (χ2v) is 4.40. The summed E-state index contributed by atoms with van der Waals surface area (Å²) in [5.74, 6) is 6.95. The predicted octanol–water partition coefficient (Wildman–Crippen LogP) is -0.424. The molecule has 1 aliphatic heterocycles. The number of hydrogen-bond acceptors (Lipinski definition) is 8. The first-order valence-corrected chi connectivity index (χ1v) is 6.62. The number of nitrogens with two attached hydrogens (primary N) is 1. The number of aliphatic hydroxyl groups is 1. The van der Waals surface area contributed by atoms with Crippen molar-refractivity contribution in [3.63, 3.8) is 0 Å². The molecular weight excluding hydrogens is 246 g/mol. The molecule has 8 heteroatoms. The summed E-state index contributed by atoms with van der Waals surface area (Å²) in [7, 11) is 0. The molecule has 8 nitrogen and oxygen atoms in total. The summed E-state index contributed by atoms with van der Waals surface area (Å²) in [5, 5.41) is 9.07. The predicted molar refractivity (Wildman–Crippen MR) is 74.1 cm³/mol. The zero-order valence-corrected chi connectivity index (χ0v) is 11.2. The van der Waals surface area contributed by atoms with Gasteiger partial charge in [-0.15, -0.1) is 0 Å². The molecule has 106 valence electrons. The summed E-state index contributed by atoms with van der Waals surface area (Å²) in [6.45, 7) is 5.17. The lowest BCUT2D eigenvalue weighted by Gasteiger charge is -2.22. The molecule has 0 radical (unpaired) electrons. The highest BCUT2D eigenvalue weighted by Gasteiger charge is 2.18. The van der Waals surface area contributed by atoms with Gasteiger partial charge in [0.1, 0.15) is 0 Å². The van der Waals surface area contributed by atoms with E-state index in [-0.39, 0.29) is 6.61 Å². The van der Waals surface area contributed by atoms with Crippen molar-refractivity contribution >= 4 is 17.8 Å². The van der Waals surface area contributed by atoms with E-state index >= 15 is 0 Å². The summed E-state index contributed by atoms with van der Waals surface area (Å²) in [5.41, 5.74) is 2.47. The van der Waals surface area contributed by atoms with Gasteiger partial charge in [-0.1, -0.05) is 0 Å². The van der Waals surface area contributed by atoms with Crippen LogP contribution in [0.3, 0.4) is 0 Å². The van der Waals surface area contributed by atoms with Crippen LogP contribution in [0, 0.1) is 0 Å². The number of anilines is 3. The fraction of sp³-hybridized carbons (Fsp3) is 0.727. The molecule has 0 amide bonds. The van der Waals surface area contributed by atoms with Gasteiger partial charge in [0.25, 0.3) is 0 Å². The Bertz CT molecular complexity index is 408. The van der Waals surface area contributed by atoms with Gasteiger partial charge in [-0.2, -0.15) is 15.0 Å². The standard InChI is InChI=1S/C11H21N7O/c1-2-17(7-8-19)10-13-9(16-12)14-11(15-10)18-5-3-4-6-18/h19H,2-8,12H2,1H3,(H,13,14,15,16). The number of hydrogen-bond donors (Lipinski definition) is 3. The Morgan fingerprint density at radius 3 is 2.63 bits per heavy atom. The van der Waals surface area contributed by atoms with Gasteiger partial charge in [0, 0.05) is 26.2 Å².